The second-order valence-electron chi connectivity index (χ2n) is 4.02. The number of hydrogen-bond donors (Lipinski definition) is 1. The molecule has 2 atom stereocenters. The van der Waals surface area contributed by atoms with Gasteiger partial charge in [-0.2, -0.15) is 0 Å². The van der Waals surface area contributed by atoms with Crippen LogP contribution in [0.2, 0.25) is 0 Å². The number of sulfonamides is 1. The Morgan fingerprint density at radius 2 is 2.12 bits per heavy atom. The molecule has 0 amide bonds. The Labute approximate surface area is 99.8 Å². The minimum Gasteiger partial charge on any atom is -0.377 e. The van der Waals surface area contributed by atoms with Crippen LogP contribution in [-0.4, -0.2) is 27.2 Å². The van der Waals surface area contributed by atoms with Crippen molar-refractivity contribution >= 4 is 10.0 Å². The van der Waals surface area contributed by atoms with Gasteiger partial charge < -0.3 is 4.74 Å². The Balaban J connectivity index is 2.22. The van der Waals surface area contributed by atoms with Crippen LogP contribution in [0.4, 0.5) is 4.39 Å². The summed E-state index contributed by atoms with van der Waals surface area (Å²) in [5.41, 5.74) is 0. The summed E-state index contributed by atoms with van der Waals surface area (Å²) < 4.78 is 45.0. The van der Waals surface area contributed by atoms with Gasteiger partial charge in [-0.05, 0) is 25.5 Å². The normalized spacial score (nSPS) is 25.1. The van der Waals surface area contributed by atoms with Crippen molar-refractivity contribution < 1.29 is 17.5 Å². The Kier molecular flexibility index (Phi) is 3.46. The predicted octanol–water partition coefficient (Wildman–Crippen LogP) is 1.28. The van der Waals surface area contributed by atoms with Crippen LogP contribution in [0.25, 0.3) is 0 Å². The minimum atomic E-state index is -3.81. The van der Waals surface area contributed by atoms with E-state index in [-0.39, 0.29) is 17.0 Å². The molecule has 1 fully saturated rings. The van der Waals surface area contributed by atoms with Gasteiger partial charge in [0.25, 0.3) is 0 Å². The van der Waals surface area contributed by atoms with Crippen LogP contribution in [0.3, 0.4) is 0 Å². The largest absolute Gasteiger partial charge is 0.377 e. The van der Waals surface area contributed by atoms with Gasteiger partial charge in [0.05, 0.1) is 12.1 Å². The van der Waals surface area contributed by atoms with Crippen LogP contribution >= 0.6 is 0 Å². The quantitative estimate of drug-likeness (QED) is 0.889. The van der Waals surface area contributed by atoms with Crippen LogP contribution in [0.5, 0.6) is 0 Å². The summed E-state index contributed by atoms with van der Waals surface area (Å²) in [5.74, 6) is -0.744. The molecule has 1 aromatic carbocycles. The highest BCUT2D eigenvalue weighted by Gasteiger charge is 2.30. The molecule has 6 heteroatoms. The Hall–Kier alpha value is -0.980. The lowest BCUT2D eigenvalue weighted by Gasteiger charge is -2.16. The molecule has 1 saturated heterocycles. The Morgan fingerprint density at radius 3 is 2.71 bits per heavy atom. The van der Waals surface area contributed by atoms with Crippen molar-refractivity contribution in [3.8, 4) is 0 Å². The van der Waals surface area contributed by atoms with E-state index in [0.29, 0.717) is 13.0 Å². The van der Waals surface area contributed by atoms with E-state index in [2.05, 4.69) is 4.72 Å². The second kappa shape index (κ2) is 4.72. The lowest BCUT2D eigenvalue weighted by Crippen LogP contribution is -2.39. The van der Waals surface area contributed by atoms with E-state index in [4.69, 9.17) is 4.74 Å². The van der Waals surface area contributed by atoms with Crippen LogP contribution in [0.15, 0.2) is 29.2 Å². The summed E-state index contributed by atoms with van der Waals surface area (Å²) in [6.07, 6.45) is 0.422. The van der Waals surface area contributed by atoms with Crippen molar-refractivity contribution in [3.05, 3.63) is 30.1 Å². The summed E-state index contributed by atoms with van der Waals surface area (Å²) in [7, 11) is -3.81. The third-order valence-corrected chi connectivity index (χ3v) is 4.33. The molecule has 1 heterocycles. The maximum absolute atomic E-state index is 13.4. The molecule has 94 valence electrons. The highest BCUT2D eigenvalue weighted by Crippen LogP contribution is 2.18. The lowest BCUT2D eigenvalue weighted by molar-refractivity contribution is 0.117. The van der Waals surface area contributed by atoms with Crippen LogP contribution in [0, 0.1) is 5.82 Å². The third-order valence-electron chi connectivity index (χ3n) is 2.81. The average molecular weight is 259 g/mol. The molecule has 1 N–H and O–H groups in total. The third kappa shape index (κ3) is 2.65. The monoisotopic (exact) mass is 259 g/mol. The van der Waals surface area contributed by atoms with Crippen molar-refractivity contribution in [2.24, 2.45) is 0 Å². The maximum atomic E-state index is 13.4. The molecular formula is C11H14FNO3S. The van der Waals surface area contributed by atoms with E-state index in [1.54, 1.807) is 6.92 Å². The number of ether oxygens (including phenoxy) is 1. The fourth-order valence-corrected chi connectivity index (χ4v) is 3.23. The van der Waals surface area contributed by atoms with Crippen molar-refractivity contribution in [1.29, 1.82) is 0 Å². The molecule has 2 unspecified atom stereocenters. The van der Waals surface area contributed by atoms with Crippen LogP contribution in [-0.2, 0) is 14.8 Å². The first-order valence-corrected chi connectivity index (χ1v) is 6.87. The molecule has 0 saturated carbocycles. The summed E-state index contributed by atoms with van der Waals surface area (Å²) >= 11 is 0. The van der Waals surface area contributed by atoms with Gasteiger partial charge >= 0.3 is 0 Å². The predicted molar refractivity (Wildman–Crippen MR) is 60.5 cm³/mol. The molecule has 0 bridgehead atoms. The summed E-state index contributed by atoms with van der Waals surface area (Å²) in [5, 5.41) is 0. The first-order valence-electron chi connectivity index (χ1n) is 5.39. The molecular weight excluding hydrogens is 245 g/mol. The lowest BCUT2D eigenvalue weighted by atomic mass is 10.2. The number of hydrogen-bond acceptors (Lipinski definition) is 3. The van der Waals surface area contributed by atoms with Gasteiger partial charge in [-0.3, -0.25) is 0 Å². The van der Waals surface area contributed by atoms with E-state index in [1.807, 2.05) is 0 Å². The molecule has 0 aliphatic carbocycles. The van der Waals surface area contributed by atoms with Crippen molar-refractivity contribution in [3.63, 3.8) is 0 Å². The Morgan fingerprint density at radius 1 is 1.41 bits per heavy atom. The zero-order chi connectivity index (χ0) is 12.5. The van der Waals surface area contributed by atoms with Crippen LogP contribution < -0.4 is 4.72 Å². The fourth-order valence-electron chi connectivity index (χ4n) is 1.81. The van der Waals surface area contributed by atoms with Gasteiger partial charge in [-0.15, -0.1) is 0 Å². The summed E-state index contributed by atoms with van der Waals surface area (Å²) in [6.45, 7) is 2.31. The van der Waals surface area contributed by atoms with Gasteiger partial charge in [-0.25, -0.2) is 17.5 Å². The summed E-state index contributed by atoms with van der Waals surface area (Å²) in [4.78, 5) is -0.320. The first-order chi connectivity index (χ1) is 8.00. The standard InChI is InChI=1S/C11H14FNO3S/c1-8-10(6-7-16-8)13-17(14,15)11-5-3-2-4-9(11)12/h2-5,8,10,13H,6-7H2,1H3. The molecule has 4 nitrogen and oxygen atoms in total. The van der Waals surface area contributed by atoms with E-state index in [0.717, 1.165) is 6.07 Å². The van der Waals surface area contributed by atoms with Crippen molar-refractivity contribution in [2.45, 2.75) is 30.4 Å². The van der Waals surface area contributed by atoms with Crippen molar-refractivity contribution in [1.82, 2.24) is 4.72 Å². The SMILES string of the molecule is CC1OCCC1NS(=O)(=O)c1ccccc1F. The van der Waals surface area contributed by atoms with Gasteiger partial charge in [-0.1, -0.05) is 12.1 Å². The number of nitrogens with one attached hydrogen (secondary N) is 1. The molecule has 17 heavy (non-hydrogen) atoms. The van der Waals surface area contributed by atoms with Gasteiger partial charge in [0, 0.05) is 6.61 Å². The van der Waals surface area contributed by atoms with E-state index >= 15 is 0 Å². The first kappa shape index (κ1) is 12.5. The maximum Gasteiger partial charge on any atom is 0.243 e. The van der Waals surface area contributed by atoms with E-state index < -0.39 is 15.8 Å². The molecule has 2 rings (SSSR count). The zero-order valence-corrected chi connectivity index (χ0v) is 10.2. The number of benzene rings is 1. The topological polar surface area (TPSA) is 55.4 Å². The van der Waals surface area contributed by atoms with Gasteiger partial charge in [0.1, 0.15) is 10.7 Å². The molecule has 0 radical (unpaired) electrons. The molecule has 0 spiro atoms. The molecule has 1 aromatic rings. The van der Waals surface area contributed by atoms with Crippen LogP contribution in [0.1, 0.15) is 13.3 Å². The fraction of sp³-hybridized carbons (Fsp3) is 0.455. The second-order valence-corrected chi connectivity index (χ2v) is 5.71. The minimum absolute atomic E-state index is 0.184. The molecule has 1 aliphatic rings. The average Bonchev–Trinajstić information content (AvgIpc) is 2.64. The van der Waals surface area contributed by atoms with E-state index in [9.17, 15) is 12.8 Å². The highest BCUT2D eigenvalue weighted by atomic mass is 32.2. The number of rotatable bonds is 3. The van der Waals surface area contributed by atoms with Gasteiger partial charge in [0.2, 0.25) is 10.0 Å². The molecule has 0 aromatic heterocycles. The smallest absolute Gasteiger partial charge is 0.243 e. The zero-order valence-electron chi connectivity index (χ0n) is 9.39. The Bertz CT molecular complexity index is 503. The highest BCUT2D eigenvalue weighted by molar-refractivity contribution is 7.89. The molecule has 1 aliphatic heterocycles. The van der Waals surface area contributed by atoms with E-state index in [1.165, 1.54) is 18.2 Å². The van der Waals surface area contributed by atoms with Gasteiger partial charge in [0.15, 0.2) is 0 Å². The van der Waals surface area contributed by atoms with Crippen molar-refractivity contribution in [2.75, 3.05) is 6.61 Å². The summed E-state index contributed by atoms with van der Waals surface area (Å²) in [6, 6.07) is 5.03. The number of halogens is 1.